The summed E-state index contributed by atoms with van der Waals surface area (Å²) < 4.78 is 0. The van der Waals surface area contributed by atoms with E-state index in [1.807, 2.05) is 6.08 Å². The average Bonchev–Trinajstić information content (AvgIpc) is 2.77. The number of aliphatic hydroxyl groups excluding tert-OH is 1. The van der Waals surface area contributed by atoms with Gasteiger partial charge in [-0.1, -0.05) is 19.4 Å². The number of hydrogen-bond donors (Lipinski definition) is 1. The number of aliphatic hydroxyl groups is 1. The Morgan fingerprint density at radius 2 is 1.86 bits per heavy atom. The molecule has 4 aliphatic rings. The normalized spacial score (nSPS) is 54.3. The lowest BCUT2D eigenvalue weighted by molar-refractivity contribution is -0.125. The van der Waals surface area contributed by atoms with Gasteiger partial charge in [-0.2, -0.15) is 0 Å². The molecule has 0 amide bonds. The van der Waals surface area contributed by atoms with Crippen LogP contribution in [0.5, 0.6) is 0 Å². The molecule has 3 fully saturated rings. The SMILES string of the molecule is CC1=CC(=O)C[C@H]2CC[C@H]3[C@@H]4CC[C@H](O)[C@@]4(C)CC[C@@H]3[C@@]12C. The van der Waals surface area contributed by atoms with Crippen LogP contribution < -0.4 is 0 Å². The van der Waals surface area contributed by atoms with Gasteiger partial charge in [-0.15, -0.1) is 0 Å². The van der Waals surface area contributed by atoms with Crippen LogP contribution in [0.4, 0.5) is 0 Å². The molecule has 7 atom stereocenters. The predicted molar refractivity (Wildman–Crippen MR) is 87.3 cm³/mol. The van der Waals surface area contributed by atoms with E-state index in [0.29, 0.717) is 17.6 Å². The molecule has 0 aromatic rings. The van der Waals surface area contributed by atoms with Gasteiger partial charge in [-0.25, -0.2) is 0 Å². The van der Waals surface area contributed by atoms with Crippen LogP contribution in [0.2, 0.25) is 0 Å². The smallest absolute Gasteiger partial charge is 0.155 e. The Morgan fingerprint density at radius 3 is 2.64 bits per heavy atom. The fourth-order valence-electron chi connectivity index (χ4n) is 7.03. The van der Waals surface area contributed by atoms with E-state index in [0.717, 1.165) is 24.7 Å². The molecule has 22 heavy (non-hydrogen) atoms. The number of carbonyl (C=O) groups is 1. The predicted octanol–water partition coefficient (Wildman–Crippen LogP) is 4.13. The third kappa shape index (κ3) is 1.74. The van der Waals surface area contributed by atoms with Gasteiger partial charge in [0.1, 0.15) is 0 Å². The molecule has 1 N–H and O–H groups in total. The molecule has 0 radical (unpaired) electrons. The second kappa shape index (κ2) is 4.69. The zero-order valence-corrected chi connectivity index (χ0v) is 14.3. The number of allylic oxidation sites excluding steroid dienone is 2. The summed E-state index contributed by atoms with van der Waals surface area (Å²) in [5.41, 5.74) is 1.73. The monoisotopic (exact) mass is 302 g/mol. The van der Waals surface area contributed by atoms with E-state index >= 15 is 0 Å². The van der Waals surface area contributed by atoms with Crippen LogP contribution in [0.3, 0.4) is 0 Å². The van der Waals surface area contributed by atoms with Crippen LogP contribution in [-0.4, -0.2) is 17.0 Å². The average molecular weight is 302 g/mol. The minimum atomic E-state index is -0.0893. The summed E-state index contributed by atoms with van der Waals surface area (Å²) in [4.78, 5) is 12.0. The summed E-state index contributed by atoms with van der Waals surface area (Å²) in [5.74, 6) is 3.08. The summed E-state index contributed by atoms with van der Waals surface area (Å²) in [6.45, 7) is 6.98. The Bertz CT molecular complexity index is 536. The summed E-state index contributed by atoms with van der Waals surface area (Å²) in [6, 6.07) is 0. The van der Waals surface area contributed by atoms with Gasteiger partial charge >= 0.3 is 0 Å². The Morgan fingerprint density at radius 1 is 1.09 bits per heavy atom. The second-order valence-electron chi connectivity index (χ2n) is 9.07. The van der Waals surface area contributed by atoms with Crippen molar-refractivity contribution in [2.75, 3.05) is 0 Å². The van der Waals surface area contributed by atoms with E-state index in [1.165, 1.54) is 37.7 Å². The molecular formula is C20H30O2. The van der Waals surface area contributed by atoms with Gasteiger partial charge in [0, 0.05) is 6.42 Å². The molecule has 0 heterocycles. The number of fused-ring (bicyclic) bond motifs is 5. The van der Waals surface area contributed by atoms with Gasteiger partial charge in [-0.3, -0.25) is 4.79 Å². The first kappa shape index (κ1) is 14.9. The van der Waals surface area contributed by atoms with E-state index in [2.05, 4.69) is 20.8 Å². The molecule has 2 heteroatoms. The fourth-order valence-corrected chi connectivity index (χ4v) is 7.03. The molecule has 3 saturated carbocycles. The van der Waals surface area contributed by atoms with Gasteiger partial charge in [0.05, 0.1) is 6.10 Å². The van der Waals surface area contributed by atoms with Crippen molar-refractivity contribution in [3.05, 3.63) is 11.6 Å². The highest BCUT2D eigenvalue weighted by atomic mass is 16.3. The molecular weight excluding hydrogens is 272 g/mol. The first-order valence-electron chi connectivity index (χ1n) is 9.27. The molecule has 0 spiro atoms. The van der Waals surface area contributed by atoms with Crippen molar-refractivity contribution in [3.63, 3.8) is 0 Å². The third-order valence-electron chi connectivity index (χ3n) is 8.53. The number of hydrogen-bond acceptors (Lipinski definition) is 2. The minimum absolute atomic E-state index is 0.0893. The molecule has 4 rings (SSSR count). The Hall–Kier alpha value is -0.630. The first-order chi connectivity index (χ1) is 10.4. The highest BCUT2D eigenvalue weighted by Gasteiger charge is 2.60. The number of rotatable bonds is 0. The summed E-state index contributed by atoms with van der Waals surface area (Å²) >= 11 is 0. The highest BCUT2D eigenvalue weighted by Crippen LogP contribution is 2.66. The number of ketones is 1. The van der Waals surface area contributed by atoms with E-state index in [1.54, 1.807) is 0 Å². The van der Waals surface area contributed by atoms with Gasteiger partial charge in [0.15, 0.2) is 5.78 Å². The molecule has 0 bridgehead atoms. The van der Waals surface area contributed by atoms with Crippen LogP contribution in [0.1, 0.15) is 65.7 Å². The molecule has 0 saturated heterocycles. The van der Waals surface area contributed by atoms with Gasteiger partial charge in [0.2, 0.25) is 0 Å². The summed E-state index contributed by atoms with van der Waals surface area (Å²) in [7, 11) is 0. The van der Waals surface area contributed by atoms with Crippen LogP contribution in [0, 0.1) is 34.5 Å². The highest BCUT2D eigenvalue weighted by molar-refractivity contribution is 5.91. The quantitative estimate of drug-likeness (QED) is 0.730. The molecule has 0 aromatic heterocycles. The standard InChI is InChI=1S/C20H30O2/c1-12-10-14(21)11-13-4-5-15-16-6-7-18(22)19(16,2)9-8-17(15)20(12,13)3/h10,13,15-18,22H,4-9,11H2,1-3H3/t13-,15+,16+,17+,18+,19+,20+/m1/s1. The minimum Gasteiger partial charge on any atom is -0.393 e. The number of carbonyl (C=O) groups excluding carboxylic acids is 1. The van der Waals surface area contributed by atoms with Crippen LogP contribution in [-0.2, 0) is 4.79 Å². The lowest BCUT2D eigenvalue weighted by Crippen LogP contribution is -2.54. The van der Waals surface area contributed by atoms with Crippen molar-refractivity contribution < 1.29 is 9.90 Å². The van der Waals surface area contributed by atoms with Crippen molar-refractivity contribution in [3.8, 4) is 0 Å². The van der Waals surface area contributed by atoms with Gasteiger partial charge in [0.25, 0.3) is 0 Å². The van der Waals surface area contributed by atoms with Crippen molar-refractivity contribution >= 4 is 5.78 Å². The van der Waals surface area contributed by atoms with Gasteiger partial charge < -0.3 is 5.11 Å². The van der Waals surface area contributed by atoms with Crippen molar-refractivity contribution in [1.29, 1.82) is 0 Å². The van der Waals surface area contributed by atoms with Crippen molar-refractivity contribution in [1.82, 2.24) is 0 Å². The molecule has 0 aliphatic heterocycles. The Labute approximate surface area is 134 Å². The zero-order valence-electron chi connectivity index (χ0n) is 14.3. The lowest BCUT2D eigenvalue weighted by atomic mass is 9.45. The maximum absolute atomic E-state index is 12.0. The van der Waals surface area contributed by atoms with Crippen molar-refractivity contribution in [2.45, 2.75) is 71.8 Å². The van der Waals surface area contributed by atoms with E-state index in [9.17, 15) is 9.90 Å². The maximum Gasteiger partial charge on any atom is 0.155 e. The molecule has 122 valence electrons. The third-order valence-corrected chi connectivity index (χ3v) is 8.53. The topological polar surface area (TPSA) is 37.3 Å². The Kier molecular flexibility index (Phi) is 3.18. The largest absolute Gasteiger partial charge is 0.393 e. The van der Waals surface area contributed by atoms with Gasteiger partial charge in [-0.05, 0) is 86.0 Å². The van der Waals surface area contributed by atoms with Crippen molar-refractivity contribution in [2.24, 2.45) is 34.5 Å². The van der Waals surface area contributed by atoms with E-state index in [4.69, 9.17) is 0 Å². The summed E-state index contributed by atoms with van der Waals surface area (Å²) in [6.07, 6.45) is 9.71. The lowest BCUT2D eigenvalue weighted by Gasteiger charge is -2.60. The van der Waals surface area contributed by atoms with Crippen LogP contribution in [0.15, 0.2) is 11.6 Å². The first-order valence-corrected chi connectivity index (χ1v) is 9.27. The molecule has 4 aliphatic carbocycles. The molecule has 2 nitrogen and oxygen atoms in total. The molecule has 0 unspecified atom stereocenters. The second-order valence-corrected chi connectivity index (χ2v) is 9.07. The maximum atomic E-state index is 12.0. The fraction of sp³-hybridized carbons (Fsp3) is 0.850. The summed E-state index contributed by atoms with van der Waals surface area (Å²) in [5, 5.41) is 10.5. The Balaban J connectivity index is 1.72. The van der Waals surface area contributed by atoms with Crippen LogP contribution in [0.25, 0.3) is 0 Å². The van der Waals surface area contributed by atoms with E-state index < -0.39 is 0 Å². The molecule has 0 aromatic carbocycles. The zero-order chi connectivity index (χ0) is 15.7. The van der Waals surface area contributed by atoms with Crippen LogP contribution >= 0.6 is 0 Å². The van der Waals surface area contributed by atoms with E-state index in [-0.39, 0.29) is 16.9 Å².